The molecule has 0 atom stereocenters. The molecule has 0 spiro atoms. The van der Waals surface area contributed by atoms with Gasteiger partial charge in [0.15, 0.2) is 11.5 Å². The summed E-state index contributed by atoms with van der Waals surface area (Å²) in [6.07, 6.45) is 0. The van der Waals surface area contributed by atoms with Crippen molar-refractivity contribution in [1.29, 1.82) is 0 Å². The Balaban J connectivity index is 2.06. The van der Waals surface area contributed by atoms with Crippen molar-refractivity contribution in [3.63, 3.8) is 0 Å². The summed E-state index contributed by atoms with van der Waals surface area (Å²) in [5.74, 6) is -0.775. The lowest BCUT2D eigenvalue weighted by molar-refractivity contribution is 0.399. The van der Waals surface area contributed by atoms with E-state index < -0.39 is 0 Å². The molecule has 0 amide bonds. The monoisotopic (exact) mass is 443 g/mol. The maximum Gasteiger partial charge on any atom is 0.173 e. The molecule has 1 heterocycles. The minimum Gasteiger partial charge on any atom is -0.503 e. The van der Waals surface area contributed by atoms with Gasteiger partial charge in [0.05, 0.1) is 14.6 Å². The van der Waals surface area contributed by atoms with Crippen LogP contribution >= 0.6 is 43.2 Å². The van der Waals surface area contributed by atoms with E-state index in [0.717, 1.165) is 11.3 Å². The third kappa shape index (κ3) is 2.76. The highest BCUT2D eigenvalue weighted by Gasteiger charge is 2.17. The van der Waals surface area contributed by atoms with Crippen LogP contribution < -0.4 is 0 Å². The van der Waals surface area contributed by atoms with Crippen molar-refractivity contribution >= 4 is 43.2 Å². The number of halogens is 3. The fourth-order valence-corrected chi connectivity index (χ4v) is 3.80. The van der Waals surface area contributed by atoms with Crippen molar-refractivity contribution in [2.24, 2.45) is 0 Å². The van der Waals surface area contributed by atoms with E-state index in [9.17, 15) is 14.6 Å². The Morgan fingerprint density at radius 1 is 1.05 bits per heavy atom. The lowest BCUT2D eigenvalue weighted by Gasteiger charge is -2.07. The van der Waals surface area contributed by atoms with Crippen LogP contribution in [-0.4, -0.2) is 15.2 Å². The second-order valence-electron chi connectivity index (χ2n) is 4.46. The van der Waals surface area contributed by atoms with E-state index in [1.807, 2.05) is 5.38 Å². The molecule has 0 aliphatic rings. The molecule has 3 aromatic rings. The Morgan fingerprint density at radius 2 is 1.73 bits per heavy atom. The zero-order chi connectivity index (χ0) is 15.9. The van der Waals surface area contributed by atoms with Crippen molar-refractivity contribution in [2.45, 2.75) is 0 Å². The molecular weight excluding hydrogens is 437 g/mol. The van der Waals surface area contributed by atoms with Crippen molar-refractivity contribution in [3.05, 3.63) is 50.5 Å². The lowest BCUT2D eigenvalue weighted by atomic mass is 10.1. The average Bonchev–Trinajstić information content (AvgIpc) is 2.99. The SMILES string of the molecule is Oc1c(Br)cc(-c2nc(-c3ccc(F)cc3)cs2)c(Br)c1O. The predicted molar refractivity (Wildman–Crippen MR) is 91.7 cm³/mol. The summed E-state index contributed by atoms with van der Waals surface area (Å²) in [4.78, 5) is 4.51. The summed E-state index contributed by atoms with van der Waals surface area (Å²) >= 11 is 7.85. The third-order valence-electron chi connectivity index (χ3n) is 3.04. The van der Waals surface area contributed by atoms with Crippen LogP contribution in [0.15, 0.2) is 44.7 Å². The highest BCUT2D eigenvalue weighted by atomic mass is 79.9. The molecule has 0 aliphatic heterocycles. The third-order valence-corrected chi connectivity index (χ3v) is 5.32. The van der Waals surface area contributed by atoms with Gasteiger partial charge >= 0.3 is 0 Å². The molecule has 22 heavy (non-hydrogen) atoms. The van der Waals surface area contributed by atoms with E-state index in [-0.39, 0.29) is 17.3 Å². The first-order valence-corrected chi connectivity index (χ1v) is 8.55. The average molecular weight is 445 g/mol. The number of thiazole rings is 1. The second-order valence-corrected chi connectivity index (χ2v) is 6.97. The Bertz CT molecular complexity index is 849. The fraction of sp³-hybridized carbons (Fsp3) is 0. The van der Waals surface area contributed by atoms with Gasteiger partial charge in [0.25, 0.3) is 0 Å². The molecule has 0 saturated carbocycles. The van der Waals surface area contributed by atoms with Crippen molar-refractivity contribution in [1.82, 2.24) is 4.98 Å². The molecule has 0 unspecified atom stereocenters. The highest BCUT2D eigenvalue weighted by molar-refractivity contribution is 9.11. The molecule has 0 bridgehead atoms. The first-order valence-electron chi connectivity index (χ1n) is 6.09. The fourth-order valence-electron chi connectivity index (χ4n) is 1.91. The molecule has 2 aromatic carbocycles. The molecule has 3 rings (SSSR count). The molecule has 0 fully saturated rings. The molecule has 0 aliphatic carbocycles. The van der Waals surface area contributed by atoms with Crippen molar-refractivity contribution < 1.29 is 14.6 Å². The maximum atomic E-state index is 13.0. The Kier molecular flexibility index (Phi) is 4.20. The number of phenolic OH excluding ortho intramolecular Hbond substituents is 2. The summed E-state index contributed by atoms with van der Waals surface area (Å²) in [6, 6.07) is 7.76. The minimum atomic E-state index is -0.297. The van der Waals surface area contributed by atoms with Crippen LogP contribution in [-0.2, 0) is 0 Å². The number of benzene rings is 2. The van der Waals surface area contributed by atoms with Gasteiger partial charge in [-0.1, -0.05) is 0 Å². The van der Waals surface area contributed by atoms with Gasteiger partial charge in [0.1, 0.15) is 10.8 Å². The minimum absolute atomic E-state index is 0.231. The van der Waals surface area contributed by atoms with E-state index in [1.165, 1.54) is 23.5 Å². The van der Waals surface area contributed by atoms with Crippen LogP contribution in [0, 0.1) is 5.82 Å². The number of aromatic hydroxyl groups is 2. The van der Waals surface area contributed by atoms with E-state index in [2.05, 4.69) is 36.8 Å². The molecule has 1 aromatic heterocycles. The first-order chi connectivity index (χ1) is 10.5. The van der Waals surface area contributed by atoms with Gasteiger partial charge in [-0.25, -0.2) is 9.37 Å². The summed E-state index contributed by atoms with van der Waals surface area (Å²) in [5.41, 5.74) is 2.18. The van der Waals surface area contributed by atoms with Crippen LogP contribution in [0.4, 0.5) is 4.39 Å². The Morgan fingerprint density at radius 3 is 2.41 bits per heavy atom. The van der Waals surface area contributed by atoms with Crippen LogP contribution in [0.1, 0.15) is 0 Å². The number of aromatic nitrogens is 1. The molecule has 3 nitrogen and oxygen atoms in total. The van der Waals surface area contributed by atoms with Gasteiger partial charge in [-0.05, 0) is 62.2 Å². The van der Waals surface area contributed by atoms with Gasteiger partial charge in [0, 0.05) is 16.5 Å². The van der Waals surface area contributed by atoms with Gasteiger partial charge in [-0.2, -0.15) is 0 Å². The van der Waals surface area contributed by atoms with E-state index in [0.29, 0.717) is 19.5 Å². The highest BCUT2D eigenvalue weighted by Crippen LogP contribution is 2.46. The molecule has 2 N–H and O–H groups in total. The molecular formula is C15H8Br2FNO2S. The molecule has 0 saturated heterocycles. The standard InChI is InChI=1S/C15H8Br2FNO2S/c16-10-5-9(12(17)14(21)13(10)20)15-19-11(6-22-15)7-1-3-8(18)4-2-7/h1-6,20-21H. The Labute approximate surface area is 146 Å². The van der Waals surface area contributed by atoms with E-state index >= 15 is 0 Å². The van der Waals surface area contributed by atoms with Gasteiger partial charge in [0.2, 0.25) is 0 Å². The first kappa shape index (κ1) is 15.5. The smallest absolute Gasteiger partial charge is 0.173 e. The predicted octanol–water partition coefficient (Wildman–Crippen LogP) is 5.55. The van der Waals surface area contributed by atoms with Crippen LogP contribution in [0.3, 0.4) is 0 Å². The van der Waals surface area contributed by atoms with Crippen LogP contribution in [0.2, 0.25) is 0 Å². The largest absolute Gasteiger partial charge is 0.503 e. The van der Waals surface area contributed by atoms with E-state index in [1.54, 1.807) is 18.2 Å². The molecule has 7 heteroatoms. The zero-order valence-electron chi connectivity index (χ0n) is 10.8. The zero-order valence-corrected chi connectivity index (χ0v) is 14.8. The normalized spacial score (nSPS) is 10.9. The topological polar surface area (TPSA) is 53.4 Å². The van der Waals surface area contributed by atoms with Crippen LogP contribution in [0.5, 0.6) is 11.5 Å². The summed E-state index contributed by atoms with van der Waals surface area (Å²) in [7, 11) is 0. The number of nitrogens with zero attached hydrogens (tertiary/aromatic N) is 1. The number of rotatable bonds is 2. The molecule has 112 valence electrons. The number of hydrogen-bond donors (Lipinski definition) is 2. The summed E-state index contributed by atoms with van der Waals surface area (Å²) in [6.45, 7) is 0. The van der Waals surface area contributed by atoms with Gasteiger partial charge in [-0.15, -0.1) is 11.3 Å². The van der Waals surface area contributed by atoms with E-state index in [4.69, 9.17) is 0 Å². The van der Waals surface area contributed by atoms with Gasteiger partial charge in [-0.3, -0.25) is 0 Å². The quantitative estimate of drug-likeness (QED) is 0.509. The summed E-state index contributed by atoms with van der Waals surface area (Å²) < 4.78 is 13.7. The van der Waals surface area contributed by atoms with Gasteiger partial charge < -0.3 is 10.2 Å². The number of phenols is 2. The number of hydrogen-bond acceptors (Lipinski definition) is 4. The second kappa shape index (κ2) is 5.98. The maximum absolute atomic E-state index is 13.0. The Hall–Kier alpha value is -1.44. The van der Waals surface area contributed by atoms with Crippen molar-refractivity contribution in [2.75, 3.05) is 0 Å². The van der Waals surface area contributed by atoms with Crippen molar-refractivity contribution in [3.8, 4) is 33.3 Å². The lowest BCUT2D eigenvalue weighted by Crippen LogP contribution is -1.84. The van der Waals surface area contributed by atoms with Crippen LogP contribution in [0.25, 0.3) is 21.8 Å². The molecule has 0 radical (unpaired) electrons. The summed E-state index contributed by atoms with van der Waals surface area (Å²) in [5, 5.41) is 22.1.